The molecule has 88 valence electrons. The van der Waals surface area contributed by atoms with Crippen molar-refractivity contribution in [2.45, 2.75) is 32.6 Å². The molecule has 2 N–H and O–H groups in total. The Balaban J connectivity index is 2.17. The topological polar surface area (TPSA) is 69.6 Å². The molecule has 1 saturated carbocycles. The zero-order valence-corrected chi connectivity index (χ0v) is 10.0. The summed E-state index contributed by atoms with van der Waals surface area (Å²) in [5.41, 5.74) is 6.87. The van der Waals surface area contributed by atoms with E-state index in [-0.39, 0.29) is 0 Å². The van der Waals surface area contributed by atoms with Gasteiger partial charge in [-0.2, -0.15) is 0 Å². The highest BCUT2D eigenvalue weighted by Crippen LogP contribution is 2.39. The van der Waals surface area contributed by atoms with Gasteiger partial charge < -0.3 is 5.73 Å². The number of nitrogen functional groups attached to an aromatic ring is 1. The SMILES string of the molecule is Cc1c(N)nc(C2CC2)nc1-n1ccnc1C. The first-order valence-corrected chi connectivity index (χ1v) is 5.81. The third kappa shape index (κ3) is 1.67. The van der Waals surface area contributed by atoms with Gasteiger partial charge in [-0.25, -0.2) is 15.0 Å². The molecule has 1 fully saturated rings. The lowest BCUT2D eigenvalue weighted by Crippen LogP contribution is -2.09. The molecule has 0 aliphatic heterocycles. The molecule has 2 aromatic heterocycles. The van der Waals surface area contributed by atoms with Gasteiger partial charge in [0, 0.05) is 23.9 Å². The van der Waals surface area contributed by atoms with Crippen LogP contribution >= 0.6 is 0 Å². The minimum atomic E-state index is 0.500. The molecule has 0 radical (unpaired) electrons. The van der Waals surface area contributed by atoms with Crippen LogP contribution in [0.4, 0.5) is 5.82 Å². The Morgan fingerprint density at radius 3 is 2.65 bits per heavy atom. The Hall–Kier alpha value is -1.91. The van der Waals surface area contributed by atoms with Gasteiger partial charge in [-0.1, -0.05) is 0 Å². The van der Waals surface area contributed by atoms with E-state index < -0.39 is 0 Å². The fourth-order valence-corrected chi connectivity index (χ4v) is 1.90. The molecule has 1 aliphatic rings. The summed E-state index contributed by atoms with van der Waals surface area (Å²) < 4.78 is 1.96. The molecule has 0 spiro atoms. The number of nitrogens with two attached hydrogens (primary N) is 1. The van der Waals surface area contributed by atoms with Gasteiger partial charge in [0.2, 0.25) is 0 Å². The van der Waals surface area contributed by atoms with Crippen molar-refractivity contribution in [2.24, 2.45) is 0 Å². The summed E-state index contributed by atoms with van der Waals surface area (Å²) >= 11 is 0. The van der Waals surface area contributed by atoms with Gasteiger partial charge in [-0.3, -0.25) is 4.57 Å². The van der Waals surface area contributed by atoms with Crippen LogP contribution in [0.15, 0.2) is 12.4 Å². The van der Waals surface area contributed by atoms with E-state index in [1.54, 1.807) is 6.20 Å². The Kier molecular flexibility index (Phi) is 2.14. The number of aromatic nitrogens is 4. The molecule has 2 aromatic rings. The smallest absolute Gasteiger partial charge is 0.146 e. The predicted molar refractivity (Wildman–Crippen MR) is 65.0 cm³/mol. The van der Waals surface area contributed by atoms with E-state index >= 15 is 0 Å². The van der Waals surface area contributed by atoms with Crippen molar-refractivity contribution in [1.82, 2.24) is 19.5 Å². The van der Waals surface area contributed by atoms with Crippen molar-refractivity contribution in [3.8, 4) is 5.82 Å². The monoisotopic (exact) mass is 229 g/mol. The van der Waals surface area contributed by atoms with Crippen LogP contribution in [0.5, 0.6) is 0 Å². The van der Waals surface area contributed by atoms with Crippen LogP contribution in [0.25, 0.3) is 5.82 Å². The minimum absolute atomic E-state index is 0.500. The van der Waals surface area contributed by atoms with Gasteiger partial charge in [-0.05, 0) is 26.7 Å². The lowest BCUT2D eigenvalue weighted by atomic mass is 10.3. The largest absolute Gasteiger partial charge is 0.383 e. The maximum atomic E-state index is 5.96. The summed E-state index contributed by atoms with van der Waals surface area (Å²) in [5.74, 6) is 3.71. The molecular weight excluding hydrogens is 214 g/mol. The van der Waals surface area contributed by atoms with Crippen molar-refractivity contribution in [1.29, 1.82) is 0 Å². The molecule has 5 heteroatoms. The predicted octanol–water partition coefficient (Wildman–Crippen LogP) is 1.74. The maximum Gasteiger partial charge on any atom is 0.146 e. The first kappa shape index (κ1) is 10.3. The van der Waals surface area contributed by atoms with Gasteiger partial charge >= 0.3 is 0 Å². The standard InChI is InChI=1S/C12H15N5/c1-7-10(13)15-11(9-3-4-9)16-12(7)17-6-5-14-8(17)2/h5-6,9H,3-4H2,1-2H3,(H2,13,15,16). The van der Waals surface area contributed by atoms with Crippen LogP contribution in [-0.4, -0.2) is 19.5 Å². The van der Waals surface area contributed by atoms with Gasteiger partial charge in [-0.15, -0.1) is 0 Å². The second kappa shape index (κ2) is 3.55. The Morgan fingerprint density at radius 1 is 1.29 bits per heavy atom. The van der Waals surface area contributed by atoms with Gasteiger partial charge in [0.25, 0.3) is 0 Å². The molecule has 1 aliphatic carbocycles. The summed E-state index contributed by atoms with van der Waals surface area (Å²) in [4.78, 5) is 13.2. The highest BCUT2D eigenvalue weighted by molar-refractivity contribution is 5.49. The molecule has 0 amide bonds. The summed E-state index contributed by atoms with van der Waals surface area (Å²) in [6.45, 7) is 3.90. The summed E-state index contributed by atoms with van der Waals surface area (Å²) in [5, 5.41) is 0. The van der Waals surface area contributed by atoms with Crippen molar-refractivity contribution < 1.29 is 0 Å². The Labute approximate surface area is 99.7 Å². The minimum Gasteiger partial charge on any atom is -0.383 e. The number of aryl methyl sites for hydroxylation is 1. The maximum absolute atomic E-state index is 5.96. The second-order valence-corrected chi connectivity index (χ2v) is 4.53. The van der Waals surface area contributed by atoms with Gasteiger partial charge in [0.05, 0.1) is 0 Å². The van der Waals surface area contributed by atoms with Crippen molar-refractivity contribution >= 4 is 5.82 Å². The van der Waals surface area contributed by atoms with E-state index in [4.69, 9.17) is 5.73 Å². The number of hydrogen-bond acceptors (Lipinski definition) is 4. The molecule has 2 heterocycles. The Bertz CT molecular complexity index is 568. The molecule has 5 nitrogen and oxygen atoms in total. The van der Waals surface area contributed by atoms with E-state index in [0.717, 1.165) is 23.0 Å². The first-order chi connectivity index (χ1) is 8.16. The summed E-state index contributed by atoms with van der Waals surface area (Å²) in [7, 11) is 0. The highest BCUT2D eigenvalue weighted by Gasteiger charge is 2.28. The molecule has 0 atom stereocenters. The van der Waals surface area contributed by atoms with Crippen LogP contribution in [0, 0.1) is 13.8 Å². The zero-order chi connectivity index (χ0) is 12.0. The van der Waals surface area contributed by atoms with E-state index in [1.807, 2.05) is 24.6 Å². The average molecular weight is 229 g/mol. The van der Waals surface area contributed by atoms with Crippen molar-refractivity contribution in [3.05, 3.63) is 29.6 Å². The molecule has 3 rings (SSSR count). The van der Waals surface area contributed by atoms with Crippen molar-refractivity contribution in [2.75, 3.05) is 5.73 Å². The lowest BCUT2D eigenvalue weighted by molar-refractivity contribution is 0.852. The van der Waals surface area contributed by atoms with Crippen LogP contribution in [-0.2, 0) is 0 Å². The lowest BCUT2D eigenvalue weighted by Gasteiger charge is -2.11. The van der Waals surface area contributed by atoms with Crippen LogP contribution in [0.3, 0.4) is 0 Å². The van der Waals surface area contributed by atoms with E-state index in [1.165, 1.54) is 12.8 Å². The second-order valence-electron chi connectivity index (χ2n) is 4.53. The number of imidazole rings is 1. The number of nitrogens with zero attached hydrogens (tertiary/aromatic N) is 4. The third-order valence-corrected chi connectivity index (χ3v) is 3.17. The normalized spacial score (nSPS) is 15.2. The third-order valence-electron chi connectivity index (χ3n) is 3.17. The summed E-state index contributed by atoms with van der Waals surface area (Å²) in [6, 6.07) is 0. The van der Waals surface area contributed by atoms with Crippen LogP contribution in [0.2, 0.25) is 0 Å². The van der Waals surface area contributed by atoms with Gasteiger partial charge in [0.15, 0.2) is 0 Å². The molecule has 0 unspecified atom stereocenters. The fraction of sp³-hybridized carbons (Fsp3) is 0.417. The Morgan fingerprint density at radius 2 is 2.06 bits per heavy atom. The highest BCUT2D eigenvalue weighted by atomic mass is 15.1. The number of hydrogen-bond donors (Lipinski definition) is 1. The van der Waals surface area contributed by atoms with E-state index in [0.29, 0.717) is 11.7 Å². The molecule has 17 heavy (non-hydrogen) atoms. The average Bonchev–Trinajstić information content (AvgIpc) is 3.06. The van der Waals surface area contributed by atoms with Crippen molar-refractivity contribution in [3.63, 3.8) is 0 Å². The zero-order valence-electron chi connectivity index (χ0n) is 10.0. The van der Waals surface area contributed by atoms with Gasteiger partial charge in [0.1, 0.15) is 23.3 Å². The van der Waals surface area contributed by atoms with E-state index in [2.05, 4.69) is 15.0 Å². The van der Waals surface area contributed by atoms with E-state index in [9.17, 15) is 0 Å². The first-order valence-electron chi connectivity index (χ1n) is 5.81. The van der Waals surface area contributed by atoms with Crippen LogP contribution in [0.1, 0.15) is 36.0 Å². The number of anilines is 1. The number of rotatable bonds is 2. The molecule has 0 saturated heterocycles. The quantitative estimate of drug-likeness (QED) is 0.851. The molecule has 0 aromatic carbocycles. The molecule has 0 bridgehead atoms. The van der Waals surface area contributed by atoms with Crippen LogP contribution < -0.4 is 5.73 Å². The summed E-state index contributed by atoms with van der Waals surface area (Å²) in [6.07, 6.45) is 6.01. The molecular formula is C12H15N5. The fourth-order valence-electron chi connectivity index (χ4n) is 1.90.